The summed E-state index contributed by atoms with van der Waals surface area (Å²) in [5.74, 6) is 0.683. The maximum absolute atomic E-state index is 14.7. The van der Waals surface area contributed by atoms with Gasteiger partial charge in [0.15, 0.2) is 5.82 Å². The molecule has 1 fully saturated rings. The van der Waals surface area contributed by atoms with Crippen molar-refractivity contribution in [3.8, 4) is 11.3 Å². The van der Waals surface area contributed by atoms with Gasteiger partial charge in [-0.3, -0.25) is 4.68 Å². The number of piperazine rings is 1. The molecule has 1 N–H and O–H groups in total. The van der Waals surface area contributed by atoms with Gasteiger partial charge in [-0.1, -0.05) is 19.1 Å². The van der Waals surface area contributed by atoms with Crippen LogP contribution in [-0.2, 0) is 6.54 Å². The fourth-order valence-corrected chi connectivity index (χ4v) is 4.27. The van der Waals surface area contributed by atoms with E-state index in [0.29, 0.717) is 23.9 Å². The Morgan fingerprint density at radius 1 is 1.03 bits per heavy atom. The molecule has 3 aromatic rings. The van der Waals surface area contributed by atoms with Crippen LogP contribution in [0.1, 0.15) is 25.0 Å². The van der Waals surface area contributed by atoms with E-state index in [0.717, 1.165) is 44.0 Å². The number of hydrogen-bond donors (Lipinski definition) is 1. The van der Waals surface area contributed by atoms with Gasteiger partial charge in [0.05, 0.1) is 36.5 Å². The molecule has 0 aliphatic carbocycles. The van der Waals surface area contributed by atoms with Gasteiger partial charge in [0.1, 0.15) is 11.5 Å². The van der Waals surface area contributed by atoms with Gasteiger partial charge < -0.3 is 15.1 Å². The standard InChI is InChI=1S/C23H27FN8/c1-16-5-3-4-8-32-22(16)18(14-27-32)21-19(24)15-26-23(29-21)28-20-7-6-17(13-25-20)31-11-9-30(2)10-12-31/h3-4,6-7,13-16H,5,8-12H2,1-2H3,(H,25,26,28,29)/t16-/m1/s1. The average molecular weight is 435 g/mol. The zero-order valence-corrected chi connectivity index (χ0v) is 18.4. The summed E-state index contributed by atoms with van der Waals surface area (Å²) in [4.78, 5) is 17.8. The summed E-state index contributed by atoms with van der Waals surface area (Å²) in [6.07, 6.45) is 9.87. The number of hydrogen-bond acceptors (Lipinski definition) is 7. The first-order valence-corrected chi connectivity index (χ1v) is 11.0. The lowest BCUT2D eigenvalue weighted by Crippen LogP contribution is -2.44. The number of fused-ring (bicyclic) bond motifs is 1. The lowest BCUT2D eigenvalue weighted by atomic mass is 9.99. The van der Waals surface area contributed by atoms with E-state index in [1.807, 2.05) is 23.0 Å². The maximum Gasteiger partial charge on any atom is 0.229 e. The number of pyridine rings is 1. The average Bonchev–Trinajstić information content (AvgIpc) is 3.14. The predicted octanol–water partition coefficient (Wildman–Crippen LogP) is 3.43. The second kappa shape index (κ2) is 8.66. The summed E-state index contributed by atoms with van der Waals surface area (Å²) in [5.41, 5.74) is 3.05. The van der Waals surface area contributed by atoms with Gasteiger partial charge in [0.25, 0.3) is 0 Å². The van der Waals surface area contributed by atoms with E-state index in [4.69, 9.17) is 0 Å². The molecule has 0 spiro atoms. The van der Waals surface area contributed by atoms with Crippen LogP contribution in [0.15, 0.2) is 42.9 Å². The second-order valence-corrected chi connectivity index (χ2v) is 8.44. The molecule has 1 saturated heterocycles. The van der Waals surface area contributed by atoms with Crippen LogP contribution < -0.4 is 10.2 Å². The monoisotopic (exact) mass is 434 g/mol. The van der Waals surface area contributed by atoms with Crippen molar-refractivity contribution in [2.45, 2.75) is 25.8 Å². The molecule has 9 heteroatoms. The Bertz CT molecular complexity index is 1120. The number of allylic oxidation sites excluding steroid dienone is 2. The van der Waals surface area contributed by atoms with E-state index in [2.05, 4.69) is 61.3 Å². The first-order chi connectivity index (χ1) is 15.6. The van der Waals surface area contributed by atoms with Crippen molar-refractivity contribution in [3.63, 3.8) is 0 Å². The molecular weight excluding hydrogens is 407 g/mol. The van der Waals surface area contributed by atoms with Crippen LogP contribution in [0.4, 0.5) is 21.8 Å². The summed E-state index contributed by atoms with van der Waals surface area (Å²) >= 11 is 0. The lowest BCUT2D eigenvalue weighted by molar-refractivity contribution is 0.313. The molecule has 0 aromatic carbocycles. The van der Waals surface area contributed by atoms with Crippen molar-refractivity contribution in [2.24, 2.45) is 0 Å². The first kappa shape index (κ1) is 20.6. The minimum atomic E-state index is -0.464. The molecule has 0 saturated carbocycles. The third-order valence-corrected chi connectivity index (χ3v) is 6.14. The molecule has 0 radical (unpaired) electrons. The highest BCUT2D eigenvalue weighted by Crippen LogP contribution is 2.33. The number of nitrogens with zero attached hydrogens (tertiary/aromatic N) is 7. The zero-order valence-electron chi connectivity index (χ0n) is 18.4. The maximum atomic E-state index is 14.7. The van der Waals surface area contributed by atoms with Crippen LogP contribution in [-0.4, -0.2) is 62.9 Å². The molecule has 8 nitrogen and oxygen atoms in total. The Morgan fingerprint density at radius 3 is 2.66 bits per heavy atom. The molecule has 3 aromatic heterocycles. The lowest BCUT2D eigenvalue weighted by Gasteiger charge is -2.33. The third kappa shape index (κ3) is 4.08. The fraction of sp³-hybridized carbons (Fsp3) is 0.391. The van der Waals surface area contributed by atoms with E-state index in [1.54, 1.807) is 6.20 Å². The van der Waals surface area contributed by atoms with Crippen molar-refractivity contribution >= 4 is 17.5 Å². The Balaban J connectivity index is 1.37. The molecule has 0 amide bonds. The molecule has 0 unspecified atom stereocenters. The SMILES string of the molecule is C[C@@H]1CC=CCn2ncc(-c3nc(Nc4ccc(N5CCN(C)CC5)cn4)ncc3F)c21. The molecule has 2 aliphatic rings. The zero-order chi connectivity index (χ0) is 22.1. The van der Waals surface area contributed by atoms with Crippen molar-refractivity contribution in [3.05, 3.63) is 54.4 Å². The Labute approximate surface area is 186 Å². The summed E-state index contributed by atoms with van der Waals surface area (Å²) in [6.45, 7) is 6.86. The molecule has 0 bridgehead atoms. The van der Waals surface area contributed by atoms with E-state index in [-0.39, 0.29) is 11.6 Å². The number of nitrogens with one attached hydrogen (secondary N) is 1. The molecular formula is C23H27FN8. The van der Waals surface area contributed by atoms with Crippen LogP contribution in [0, 0.1) is 5.82 Å². The van der Waals surface area contributed by atoms with Gasteiger partial charge in [0.2, 0.25) is 5.95 Å². The quantitative estimate of drug-likeness (QED) is 0.631. The Hall–Kier alpha value is -3.33. The predicted molar refractivity (Wildman–Crippen MR) is 123 cm³/mol. The minimum Gasteiger partial charge on any atom is -0.368 e. The van der Waals surface area contributed by atoms with Crippen LogP contribution in [0.5, 0.6) is 0 Å². The highest BCUT2D eigenvalue weighted by molar-refractivity contribution is 5.65. The van der Waals surface area contributed by atoms with Gasteiger partial charge in [0, 0.05) is 37.7 Å². The molecule has 166 valence electrons. The molecule has 5 heterocycles. The largest absolute Gasteiger partial charge is 0.368 e. The first-order valence-electron chi connectivity index (χ1n) is 11.0. The van der Waals surface area contributed by atoms with Gasteiger partial charge in [-0.15, -0.1) is 0 Å². The number of likely N-dealkylation sites (N-methyl/N-ethyl adjacent to an activating group) is 1. The van der Waals surface area contributed by atoms with Crippen LogP contribution >= 0.6 is 0 Å². The van der Waals surface area contributed by atoms with Crippen LogP contribution in [0.25, 0.3) is 11.3 Å². The third-order valence-electron chi connectivity index (χ3n) is 6.14. The van der Waals surface area contributed by atoms with E-state index in [9.17, 15) is 4.39 Å². The molecule has 1 atom stereocenters. The Kier molecular flexibility index (Phi) is 5.57. The molecule has 2 aliphatic heterocycles. The summed E-state index contributed by atoms with van der Waals surface area (Å²) < 4.78 is 16.6. The highest BCUT2D eigenvalue weighted by Gasteiger charge is 2.23. The van der Waals surface area contributed by atoms with Gasteiger partial charge in [-0.2, -0.15) is 5.10 Å². The fourth-order valence-electron chi connectivity index (χ4n) is 4.27. The minimum absolute atomic E-state index is 0.223. The van der Waals surface area contributed by atoms with Crippen molar-refractivity contribution in [1.82, 2.24) is 29.6 Å². The van der Waals surface area contributed by atoms with E-state index in [1.165, 1.54) is 6.20 Å². The topological polar surface area (TPSA) is 75.0 Å². The van der Waals surface area contributed by atoms with Gasteiger partial charge >= 0.3 is 0 Å². The summed E-state index contributed by atoms with van der Waals surface area (Å²) in [7, 11) is 2.14. The van der Waals surface area contributed by atoms with Crippen LogP contribution in [0.2, 0.25) is 0 Å². The second-order valence-electron chi connectivity index (χ2n) is 8.44. The van der Waals surface area contributed by atoms with Crippen molar-refractivity contribution < 1.29 is 4.39 Å². The normalized spacial score (nSPS) is 19.0. The highest BCUT2D eigenvalue weighted by atomic mass is 19.1. The van der Waals surface area contributed by atoms with Gasteiger partial charge in [-0.05, 0) is 25.6 Å². The summed E-state index contributed by atoms with van der Waals surface area (Å²) in [5, 5.41) is 7.56. The number of halogens is 1. The number of anilines is 3. The van der Waals surface area contributed by atoms with Crippen molar-refractivity contribution in [1.29, 1.82) is 0 Å². The smallest absolute Gasteiger partial charge is 0.229 e. The number of rotatable bonds is 4. The number of aromatic nitrogens is 5. The van der Waals surface area contributed by atoms with E-state index < -0.39 is 5.82 Å². The van der Waals surface area contributed by atoms with Crippen molar-refractivity contribution in [2.75, 3.05) is 43.4 Å². The van der Waals surface area contributed by atoms with Gasteiger partial charge in [-0.25, -0.2) is 19.3 Å². The van der Waals surface area contributed by atoms with Crippen LogP contribution in [0.3, 0.4) is 0 Å². The van der Waals surface area contributed by atoms with E-state index >= 15 is 0 Å². The summed E-state index contributed by atoms with van der Waals surface area (Å²) in [6, 6.07) is 3.94. The molecule has 5 rings (SSSR count). The Morgan fingerprint density at radius 2 is 1.88 bits per heavy atom. The molecule has 32 heavy (non-hydrogen) atoms.